The summed E-state index contributed by atoms with van der Waals surface area (Å²) in [4.78, 5) is 14.8. The molecule has 1 amide bonds. The van der Waals surface area contributed by atoms with E-state index < -0.39 is 0 Å². The van der Waals surface area contributed by atoms with Crippen LogP contribution in [-0.2, 0) is 11.2 Å². The zero-order chi connectivity index (χ0) is 8.97. The predicted molar refractivity (Wildman–Crippen MR) is 45.0 cm³/mol. The van der Waals surface area contributed by atoms with Gasteiger partial charge in [-0.2, -0.15) is 0 Å². The first-order chi connectivity index (χ1) is 5.72. The molecule has 0 saturated heterocycles. The standard InChI is InChI=1S/C8H11N3O/c1-6-2-3-7(5-10-6)4-8(12)11-9/h2-3,5H,4,9H2,1H3,(H,11,12). The number of amides is 1. The summed E-state index contributed by atoms with van der Waals surface area (Å²) in [6, 6.07) is 3.72. The third-order valence-electron chi connectivity index (χ3n) is 1.50. The second-order valence-corrected chi connectivity index (χ2v) is 2.55. The van der Waals surface area contributed by atoms with Crippen LogP contribution in [0.15, 0.2) is 18.3 Å². The molecule has 0 aliphatic carbocycles. The molecule has 0 atom stereocenters. The minimum Gasteiger partial charge on any atom is -0.294 e. The van der Waals surface area contributed by atoms with Gasteiger partial charge in [-0.3, -0.25) is 15.2 Å². The average molecular weight is 165 g/mol. The molecule has 0 aliphatic rings. The minimum atomic E-state index is -0.208. The van der Waals surface area contributed by atoms with Crippen LogP contribution in [0.5, 0.6) is 0 Å². The molecule has 0 aliphatic heterocycles. The fourth-order valence-corrected chi connectivity index (χ4v) is 0.839. The Morgan fingerprint density at radius 3 is 2.92 bits per heavy atom. The van der Waals surface area contributed by atoms with Crippen molar-refractivity contribution in [1.29, 1.82) is 0 Å². The van der Waals surface area contributed by atoms with Gasteiger partial charge in [0.25, 0.3) is 0 Å². The van der Waals surface area contributed by atoms with E-state index in [1.165, 1.54) is 0 Å². The lowest BCUT2D eigenvalue weighted by molar-refractivity contribution is -0.120. The van der Waals surface area contributed by atoms with Gasteiger partial charge >= 0.3 is 0 Å². The second-order valence-electron chi connectivity index (χ2n) is 2.55. The van der Waals surface area contributed by atoms with Gasteiger partial charge in [0.15, 0.2) is 0 Å². The van der Waals surface area contributed by atoms with Gasteiger partial charge < -0.3 is 0 Å². The van der Waals surface area contributed by atoms with Gasteiger partial charge in [0.2, 0.25) is 5.91 Å². The summed E-state index contributed by atoms with van der Waals surface area (Å²) in [6.07, 6.45) is 1.95. The van der Waals surface area contributed by atoms with Gasteiger partial charge in [-0.25, -0.2) is 5.84 Å². The lowest BCUT2D eigenvalue weighted by atomic mass is 10.2. The summed E-state index contributed by atoms with van der Waals surface area (Å²) in [6.45, 7) is 1.90. The topological polar surface area (TPSA) is 68.0 Å². The number of nitrogens with two attached hydrogens (primary N) is 1. The lowest BCUT2D eigenvalue weighted by Gasteiger charge is -1.99. The molecule has 4 nitrogen and oxygen atoms in total. The number of rotatable bonds is 2. The highest BCUT2D eigenvalue weighted by molar-refractivity contribution is 5.77. The van der Waals surface area contributed by atoms with Crippen LogP contribution >= 0.6 is 0 Å². The third kappa shape index (κ3) is 2.32. The molecule has 1 aromatic rings. The first-order valence-electron chi connectivity index (χ1n) is 3.63. The molecule has 0 saturated carbocycles. The van der Waals surface area contributed by atoms with E-state index in [1.54, 1.807) is 6.20 Å². The summed E-state index contributed by atoms with van der Waals surface area (Å²) in [5.41, 5.74) is 3.86. The number of nitrogens with one attached hydrogen (secondary N) is 1. The number of pyridine rings is 1. The molecule has 0 radical (unpaired) electrons. The Morgan fingerprint density at radius 2 is 2.42 bits per heavy atom. The average Bonchev–Trinajstić information content (AvgIpc) is 2.09. The third-order valence-corrected chi connectivity index (χ3v) is 1.50. The molecule has 1 aromatic heterocycles. The number of hydrogen-bond acceptors (Lipinski definition) is 3. The number of aromatic nitrogens is 1. The highest BCUT2D eigenvalue weighted by Gasteiger charge is 1.99. The molecule has 0 bridgehead atoms. The maximum Gasteiger partial charge on any atom is 0.238 e. The van der Waals surface area contributed by atoms with E-state index in [0.717, 1.165) is 11.3 Å². The molecule has 3 N–H and O–H groups in total. The van der Waals surface area contributed by atoms with Crippen molar-refractivity contribution in [1.82, 2.24) is 10.4 Å². The van der Waals surface area contributed by atoms with Crippen molar-refractivity contribution in [3.05, 3.63) is 29.6 Å². The minimum absolute atomic E-state index is 0.208. The van der Waals surface area contributed by atoms with E-state index in [-0.39, 0.29) is 12.3 Å². The van der Waals surface area contributed by atoms with Crippen molar-refractivity contribution in [3.63, 3.8) is 0 Å². The van der Waals surface area contributed by atoms with Crippen molar-refractivity contribution in [2.75, 3.05) is 0 Å². The van der Waals surface area contributed by atoms with Crippen molar-refractivity contribution < 1.29 is 4.79 Å². The molecule has 4 heteroatoms. The Balaban J connectivity index is 2.64. The summed E-state index contributed by atoms with van der Waals surface area (Å²) in [5.74, 6) is 4.72. The lowest BCUT2D eigenvalue weighted by Crippen LogP contribution is -2.31. The van der Waals surface area contributed by atoms with Crippen molar-refractivity contribution in [3.8, 4) is 0 Å². The fraction of sp³-hybridized carbons (Fsp3) is 0.250. The Kier molecular flexibility index (Phi) is 2.76. The second kappa shape index (κ2) is 3.82. The quantitative estimate of drug-likeness (QED) is 0.366. The molecule has 1 rings (SSSR count). The Hall–Kier alpha value is -1.42. The van der Waals surface area contributed by atoms with Crippen LogP contribution in [0.3, 0.4) is 0 Å². The van der Waals surface area contributed by atoms with Crippen LogP contribution in [0.25, 0.3) is 0 Å². The highest BCUT2D eigenvalue weighted by Crippen LogP contribution is 1.99. The monoisotopic (exact) mass is 165 g/mol. The summed E-state index contributed by atoms with van der Waals surface area (Å²) in [5, 5.41) is 0. The van der Waals surface area contributed by atoms with E-state index in [0.29, 0.717) is 0 Å². The van der Waals surface area contributed by atoms with Crippen LogP contribution in [0.2, 0.25) is 0 Å². The first kappa shape index (κ1) is 8.67. The first-order valence-corrected chi connectivity index (χ1v) is 3.63. The van der Waals surface area contributed by atoms with Gasteiger partial charge in [0.1, 0.15) is 0 Å². The summed E-state index contributed by atoms with van der Waals surface area (Å²) >= 11 is 0. The van der Waals surface area contributed by atoms with Crippen LogP contribution < -0.4 is 11.3 Å². The van der Waals surface area contributed by atoms with Gasteiger partial charge in [-0.1, -0.05) is 6.07 Å². The van der Waals surface area contributed by atoms with E-state index >= 15 is 0 Å². The van der Waals surface area contributed by atoms with Crippen molar-refractivity contribution >= 4 is 5.91 Å². The highest BCUT2D eigenvalue weighted by atomic mass is 16.2. The van der Waals surface area contributed by atoms with Gasteiger partial charge in [-0.05, 0) is 18.6 Å². The molecular formula is C8H11N3O. The van der Waals surface area contributed by atoms with E-state index in [9.17, 15) is 4.79 Å². The molecule has 12 heavy (non-hydrogen) atoms. The van der Waals surface area contributed by atoms with Crippen molar-refractivity contribution in [2.24, 2.45) is 5.84 Å². The number of aryl methyl sites for hydroxylation is 1. The largest absolute Gasteiger partial charge is 0.294 e. The summed E-state index contributed by atoms with van der Waals surface area (Å²) < 4.78 is 0. The molecular weight excluding hydrogens is 154 g/mol. The SMILES string of the molecule is Cc1ccc(CC(=O)NN)cn1. The molecule has 0 spiro atoms. The van der Waals surface area contributed by atoms with Crippen LogP contribution in [0.4, 0.5) is 0 Å². The molecule has 0 unspecified atom stereocenters. The normalized spacial score (nSPS) is 9.50. The Bertz CT molecular complexity index is 268. The van der Waals surface area contributed by atoms with Gasteiger partial charge in [0, 0.05) is 11.9 Å². The number of hydrazine groups is 1. The molecule has 64 valence electrons. The number of carbonyl (C=O) groups excluding carboxylic acids is 1. The number of carbonyl (C=O) groups is 1. The molecule has 0 aromatic carbocycles. The maximum atomic E-state index is 10.8. The molecule has 0 fully saturated rings. The van der Waals surface area contributed by atoms with E-state index in [1.807, 2.05) is 19.1 Å². The summed E-state index contributed by atoms with van der Waals surface area (Å²) in [7, 11) is 0. The zero-order valence-corrected chi connectivity index (χ0v) is 6.87. The van der Waals surface area contributed by atoms with E-state index in [4.69, 9.17) is 5.84 Å². The Labute approximate surface area is 70.8 Å². The smallest absolute Gasteiger partial charge is 0.238 e. The fourth-order valence-electron chi connectivity index (χ4n) is 0.839. The van der Waals surface area contributed by atoms with Gasteiger partial charge in [-0.15, -0.1) is 0 Å². The van der Waals surface area contributed by atoms with Crippen LogP contribution in [0, 0.1) is 6.92 Å². The van der Waals surface area contributed by atoms with Crippen LogP contribution in [-0.4, -0.2) is 10.9 Å². The van der Waals surface area contributed by atoms with E-state index in [2.05, 4.69) is 10.4 Å². The van der Waals surface area contributed by atoms with Gasteiger partial charge in [0.05, 0.1) is 6.42 Å². The Morgan fingerprint density at radius 1 is 1.67 bits per heavy atom. The van der Waals surface area contributed by atoms with Crippen molar-refractivity contribution in [2.45, 2.75) is 13.3 Å². The molecule has 1 heterocycles. The van der Waals surface area contributed by atoms with Crippen LogP contribution in [0.1, 0.15) is 11.3 Å². The predicted octanol–water partition coefficient (Wildman–Crippen LogP) is -0.0776. The number of hydrogen-bond donors (Lipinski definition) is 2. The zero-order valence-electron chi connectivity index (χ0n) is 6.87. The maximum absolute atomic E-state index is 10.8. The number of nitrogens with zero attached hydrogens (tertiary/aromatic N) is 1.